The zero-order valence-corrected chi connectivity index (χ0v) is 11.2. The van der Waals surface area contributed by atoms with E-state index in [1.54, 1.807) is 4.68 Å². The lowest BCUT2D eigenvalue weighted by molar-refractivity contribution is -0.116. The van der Waals surface area contributed by atoms with Gasteiger partial charge in [0.15, 0.2) is 0 Å². The third-order valence-corrected chi connectivity index (χ3v) is 3.28. The fourth-order valence-electron chi connectivity index (χ4n) is 2.28. The molecule has 0 bridgehead atoms. The molecule has 0 aliphatic carbocycles. The number of aryl methyl sites for hydroxylation is 1. The molecule has 0 spiro atoms. The van der Waals surface area contributed by atoms with E-state index in [1.165, 1.54) is 0 Å². The molecule has 0 unspecified atom stereocenters. The second-order valence-corrected chi connectivity index (χ2v) is 4.71. The van der Waals surface area contributed by atoms with E-state index in [1.807, 2.05) is 31.3 Å². The molecule has 0 fully saturated rings. The summed E-state index contributed by atoms with van der Waals surface area (Å²) in [6, 6.07) is 7.66. The van der Waals surface area contributed by atoms with Gasteiger partial charge in [0.1, 0.15) is 5.75 Å². The van der Waals surface area contributed by atoms with Gasteiger partial charge in [-0.05, 0) is 24.3 Å². The molecule has 1 aromatic carbocycles. The Kier molecular flexibility index (Phi) is 3.15. The SMILES string of the molecule is Cn1nc(CN)cc1-c1ccc2c(c1)NC(=O)CCO2. The summed E-state index contributed by atoms with van der Waals surface area (Å²) >= 11 is 0. The van der Waals surface area contributed by atoms with Crippen LogP contribution in [0.4, 0.5) is 5.69 Å². The minimum absolute atomic E-state index is 0.0337. The van der Waals surface area contributed by atoms with Crippen molar-refractivity contribution in [1.29, 1.82) is 0 Å². The molecule has 6 nitrogen and oxygen atoms in total. The minimum Gasteiger partial charge on any atom is -0.491 e. The smallest absolute Gasteiger partial charge is 0.227 e. The predicted molar refractivity (Wildman–Crippen MR) is 75.3 cm³/mol. The summed E-state index contributed by atoms with van der Waals surface area (Å²) in [6.45, 7) is 0.805. The summed E-state index contributed by atoms with van der Waals surface area (Å²) in [5, 5.41) is 7.18. The van der Waals surface area contributed by atoms with Gasteiger partial charge in [0.05, 0.1) is 30.1 Å². The summed E-state index contributed by atoms with van der Waals surface area (Å²) in [5.74, 6) is 0.661. The average molecular weight is 272 g/mol. The third kappa shape index (κ3) is 2.25. The lowest BCUT2D eigenvalue weighted by Gasteiger charge is -2.09. The van der Waals surface area contributed by atoms with Gasteiger partial charge in [0, 0.05) is 19.2 Å². The Morgan fingerprint density at radius 1 is 1.45 bits per heavy atom. The van der Waals surface area contributed by atoms with Gasteiger partial charge < -0.3 is 15.8 Å². The Bertz CT molecular complexity index is 663. The van der Waals surface area contributed by atoms with Gasteiger partial charge in [-0.3, -0.25) is 9.48 Å². The average Bonchev–Trinajstić information content (AvgIpc) is 2.71. The minimum atomic E-state index is -0.0337. The fourth-order valence-corrected chi connectivity index (χ4v) is 2.28. The maximum Gasteiger partial charge on any atom is 0.227 e. The fraction of sp³-hybridized carbons (Fsp3) is 0.286. The molecule has 0 radical (unpaired) electrons. The summed E-state index contributed by atoms with van der Waals surface area (Å²) < 4.78 is 7.32. The van der Waals surface area contributed by atoms with Crippen molar-refractivity contribution in [3.8, 4) is 17.0 Å². The summed E-state index contributed by atoms with van der Waals surface area (Å²) in [7, 11) is 1.87. The van der Waals surface area contributed by atoms with Crippen molar-refractivity contribution in [3.63, 3.8) is 0 Å². The number of ether oxygens (including phenoxy) is 1. The Morgan fingerprint density at radius 2 is 2.30 bits per heavy atom. The maximum absolute atomic E-state index is 11.6. The largest absolute Gasteiger partial charge is 0.491 e. The summed E-state index contributed by atoms with van der Waals surface area (Å²) in [6.07, 6.45) is 0.368. The van der Waals surface area contributed by atoms with E-state index >= 15 is 0 Å². The second-order valence-electron chi connectivity index (χ2n) is 4.71. The van der Waals surface area contributed by atoms with Crippen molar-refractivity contribution >= 4 is 11.6 Å². The first-order valence-electron chi connectivity index (χ1n) is 6.47. The van der Waals surface area contributed by atoms with Crippen molar-refractivity contribution in [3.05, 3.63) is 30.0 Å². The molecule has 0 saturated heterocycles. The lowest BCUT2D eigenvalue weighted by atomic mass is 10.1. The van der Waals surface area contributed by atoms with E-state index in [4.69, 9.17) is 10.5 Å². The molecule has 20 heavy (non-hydrogen) atoms. The van der Waals surface area contributed by atoms with Crippen molar-refractivity contribution in [2.24, 2.45) is 12.8 Å². The van der Waals surface area contributed by atoms with Gasteiger partial charge in [0.25, 0.3) is 0 Å². The molecule has 1 amide bonds. The van der Waals surface area contributed by atoms with Gasteiger partial charge in [0.2, 0.25) is 5.91 Å². The van der Waals surface area contributed by atoms with E-state index in [9.17, 15) is 4.79 Å². The molecule has 1 aliphatic rings. The zero-order valence-electron chi connectivity index (χ0n) is 11.2. The highest BCUT2D eigenvalue weighted by Crippen LogP contribution is 2.32. The second kappa shape index (κ2) is 4.97. The molecule has 0 atom stereocenters. The van der Waals surface area contributed by atoms with Crippen LogP contribution in [0.1, 0.15) is 12.1 Å². The van der Waals surface area contributed by atoms with Crippen LogP contribution in [0.5, 0.6) is 5.75 Å². The van der Waals surface area contributed by atoms with Crippen LogP contribution in [0.25, 0.3) is 11.3 Å². The Hall–Kier alpha value is -2.34. The van der Waals surface area contributed by atoms with Crippen molar-refractivity contribution in [2.45, 2.75) is 13.0 Å². The van der Waals surface area contributed by atoms with Gasteiger partial charge in [-0.15, -0.1) is 0 Å². The first-order valence-corrected chi connectivity index (χ1v) is 6.47. The number of carbonyl (C=O) groups excluding carboxylic acids is 1. The highest BCUT2D eigenvalue weighted by atomic mass is 16.5. The van der Waals surface area contributed by atoms with Crippen LogP contribution in [-0.2, 0) is 18.4 Å². The van der Waals surface area contributed by atoms with E-state index in [0.717, 1.165) is 17.0 Å². The van der Waals surface area contributed by atoms with Crippen molar-refractivity contribution < 1.29 is 9.53 Å². The van der Waals surface area contributed by atoms with E-state index < -0.39 is 0 Å². The first kappa shape index (κ1) is 12.7. The molecule has 104 valence electrons. The number of amides is 1. The normalized spacial score (nSPS) is 14.2. The Morgan fingerprint density at radius 3 is 3.05 bits per heavy atom. The van der Waals surface area contributed by atoms with Gasteiger partial charge in [-0.2, -0.15) is 5.10 Å². The number of aromatic nitrogens is 2. The van der Waals surface area contributed by atoms with Crippen molar-refractivity contribution in [2.75, 3.05) is 11.9 Å². The van der Waals surface area contributed by atoms with Crippen molar-refractivity contribution in [1.82, 2.24) is 9.78 Å². The third-order valence-electron chi connectivity index (χ3n) is 3.28. The Balaban J connectivity index is 2.03. The molecule has 1 aliphatic heterocycles. The van der Waals surface area contributed by atoms with E-state index in [-0.39, 0.29) is 5.91 Å². The topological polar surface area (TPSA) is 82.2 Å². The number of benzene rings is 1. The first-order chi connectivity index (χ1) is 9.67. The molecule has 3 N–H and O–H groups in total. The van der Waals surface area contributed by atoms with Gasteiger partial charge >= 0.3 is 0 Å². The molecule has 6 heteroatoms. The molecular weight excluding hydrogens is 256 g/mol. The van der Waals surface area contributed by atoms with Gasteiger partial charge in [-0.25, -0.2) is 0 Å². The maximum atomic E-state index is 11.6. The van der Waals surface area contributed by atoms with E-state index in [2.05, 4.69) is 10.4 Å². The molecule has 2 heterocycles. The summed E-state index contributed by atoms with van der Waals surface area (Å²) in [4.78, 5) is 11.6. The van der Waals surface area contributed by atoms with Crippen LogP contribution in [0.15, 0.2) is 24.3 Å². The molecular formula is C14H16N4O2. The number of rotatable bonds is 2. The number of nitrogens with one attached hydrogen (secondary N) is 1. The highest BCUT2D eigenvalue weighted by Gasteiger charge is 2.15. The number of fused-ring (bicyclic) bond motifs is 1. The van der Waals surface area contributed by atoms with Crippen LogP contribution >= 0.6 is 0 Å². The number of hydrogen-bond acceptors (Lipinski definition) is 4. The lowest BCUT2D eigenvalue weighted by Crippen LogP contribution is -2.10. The van der Waals surface area contributed by atoms with E-state index in [0.29, 0.717) is 31.0 Å². The van der Waals surface area contributed by atoms with Crippen LogP contribution in [0.2, 0.25) is 0 Å². The standard InChI is InChI=1S/C14H16N4O2/c1-18-12(7-10(8-15)17-18)9-2-3-13-11(6-9)16-14(19)4-5-20-13/h2-3,6-7H,4-5,8,15H2,1H3,(H,16,19). The van der Waals surface area contributed by atoms with Crippen LogP contribution < -0.4 is 15.8 Å². The number of hydrogen-bond donors (Lipinski definition) is 2. The number of anilines is 1. The van der Waals surface area contributed by atoms with Gasteiger partial charge in [-0.1, -0.05) is 0 Å². The molecule has 0 saturated carbocycles. The molecule has 2 aromatic rings. The number of nitrogens with zero attached hydrogens (tertiary/aromatic N) is 2. The Labute approximate surface area is 116 Å². The quantitative estimate of drug-likeness (QED) is 0.862. The molecule has 3 rings (SSSR count). The zero-order chi connectivity index (χ0) is 14.1. The predicted octanol–water partition coefficient (Wildman–Crippen LogP) is 1.27. The van der Waals surface area contributed by atoms with Crippen LogP contribution in [0, 0.1) is 0 Å². The van der Waals surface area contributed by atoms with Crippen LogP contribution in [0.3, 0.4) is 0 Å². The highest BCUT2D eigenvalue weighted by molar-refractivity contribution is 5.94. The number of carbonyl (C=O) groups is 1. The number of nitrogens with two attached hydrogens (primary N) is 1. The summed E-state index contributed by atoms with van der Waals surface area (Å²) in [5.41, 5.74) is 9.05. The molecule has 1 aromatic heterocycles. The monoisotopic (exact) mass is 272 g/mol. The van der Waals surface area contributed by atoms with Crippen LogP contribution in [-0.4, -0.2) is 22.3 Å².